The minimum Gasteiger partial charge on any atom is -0.318 e. The van der Waals surface area contributed by atoms with Gasteiger partial charge in [0.05, 0.1) is 10.7 Å². The van der Waals surface area contributed by atoms with Gasteiger partial charge in [0.2, 0.25) is 0 Å². The number of hydrogen-bond donors (Lipinski definition) is 2. The zero-order chi connectivity index (χ0) is 16.3. The van der Waals surface area contributed by atoms with Gasteiger partial charge in [-0.3, -0.25) is 9.59 Å². The zero-order valence-electron chi connectivity index (χ0n) is 12.0. The molecule has 22 heavy (non-hydrogen) atoms. The van der Waals surface area contributed by atoms with Gasteiger partial charge >= 0.3 is 11.8 Å². The molecule has 0 saturated carbocycles. The molecule has 4 nitrogen and oxygen atoms in total. The largest absolute Gasteiger partial charge is 0.318 e. The number of halogens is 2. The third-order valence-corrected chi connectivity index (χ3v) is 3.28. The maximum Gasteiger partial charge on any atom is 0.314 e. The lowest BCUT2D eigenvalue weighted by Crippen LogP contribution is -2.29. The normalized spacial score (nSPS) is 10.2. The summed E-state index contributed by atoms with van der Waals surface area (Å²) in [7, 11) is 0. The number of carbonyl (C=O) groups is 2. The second-order valence-corrected chi connectivity index (χ2v) is 5.26. The molecule has 2 N–H and O–H groups in total. The van der Waals surface area contributed by atoms with Gasteiger partial charge in [0.25, 0.3) is 0 Å². The van der Waals surface area contributed by atoms with Crippen molar-refractivity contribution >= 4 is 34.8 Å². The van der Waals surface area contributed by atoms with E-state index in [1.165, 1.54) is 24.3 Å². The van der Waals surface area contributed by atoms with Crippen LogP contribution in [0.1, 0.15) is 11.1 Å². The second kappa shape index (κ2) is 6.58. The summed E-state index contributed by atoms with van der Waals surface area (Å²) in [5, 5.41) is 5.22. The zero-order valence-corrected chi connectivity index (χ0v) is 12.8. The number of amides is 2. The molecule has 0 bridgehead atoms. The molecule has 114 valence electrons. The van der Waals surface area contributed by atoms with Gasteiger partial charge < -0.3 is 10.6 Å². The summed E-state index contributed by atoms with van der Waals surface area (Å²) in [6.07, 6.45) is 0. The minimum atomic E-state index is -0.859. The number of carbonyl (C=O) groups excluding carboxylic acids is 2. The van der Waals surface area contributed by atoms with Gasteiger partial charge in [-0.05, 0) is 55.3 Å². The number of rotatable bonds is 2. The number of benzene rings is 2. The van der Waals surface area contributed by atoms with Gasteiger partial charge in [-0.2, -0.15) is 0 Å². The first-order valence-corrected chi connectivity index (χ1v) is 6.89. The summed E-state index contributed by atoms with van der Waals surface area (Å²) in [5.74, 6) is -2.13. The lowest BCUT2D eigenvalue weighted by atomic mass is 10.1. The van der Waals surface area contributed by atoms with Crippen LogP contribution < -0.4 is 10.6 Å². The lowest BCUT2D eigenvalue weighted by molar-refractivity contribution is -0.133. The second-order valence-electron chi connectivity index (χ2n) is 4.85. The van der Waals surface area contributed by atoms with Gasteiger partial charge in [0, 0.05) is 5.69 Å². The van der Waals surface area contributed by atoms with E-state index in [0.717, 1.165) is 11.1 Å². The van der Waals surface area contributed by atoms with E-state index in [0.29, 0.717) is 16.4 Å². The van der Waals surface area contributed by atoms with E-state index in [9.17, 15) is 14.0 Å². The molecule has 0 fully saturated rings. The Morgan fingerprint density at radius 1 is 1.00 bits per heavy atom. The summed E-state index contributed by atoms with van der Waals surface area (Å²) in [4.78, 5) is 23.7. The highest BCUT2D eigenvalue weighted by molar-refractivity contribution is 6.45. The first-order valence-electron chi connectivity index (χ1n) is 6.51. The Kier molecular flexibility index (Phi) is 4.78. The molecule has 0 unspecified atom stereocenters. The van der Waals surface area contributed by atoms with Gasteiger partial charge in [0.1, 0.15) is 5.82 Å². The molecule has 6 heteroatoms. The molecule has 0 heterocycles. The van der Waals surface area contributed by atoms with E-state index in [-0.39, 0.29) is 0 Å². The molecule has 2 rings (SSSR count). The molecule has 0 aliphatic heterocycles. The summed E-state index contributed by atoms with van der Waals surface area (Å²) in [6, 6.07) is 8.65. The van der Waals surface area contributed by atoms with Crippen LogP contribution in [0.5, 0.6) is 0 Å². The van der Waals surface area contributed by atoms with Crippen molar-refractivity contribution in [1.82, 2.24) is 0 Å². The summed E-state index contributed by atoms with van der Waals surface area (Å²) >= 11 is 6.07. The Hall–Kier alpha value is -2.40. The molecular weight excluding hydrogens is 307 g/mol. The average molecular weight is 321 g/mol. The third-order valence-electron chi connectivity index (χ3n) is 2.98. The van der Waals surface area contributed by atoms with Gasteiger partial charge in [-0.1, -0.05) is 17.7 Å². The molecule has 2 aromatic rings. The Morgan fingerprint density at radius 2 is 1.59 bits per heavy atom. The van der Waals surface area contributed by atoms with Gasteiger partial charge in [-0.15, -0.1) is 0 Å². The quantitative estimate of drug-likeness (QED) is 0.829. The highest BCUT2D eigenvalue weighted by Crippen LogP contribution is 2.27. The first-order chi connectivity index (χ1) is 10.4. The van der Waals surface area contributed by atoms with Crippen LogP contribution >= 0.6 is 11.6 Å². The molecule has 2 amide bonds. The molecule has 0 aliphatic rings. The standard InChI is InChI=1S/C16H14ClFN2O2/c1-9-7-10(2)14(13(17)8-9)20-16(22)15(21)19-12-5-3-11(18)4-6-12/h3-8H,1-2H3,(H,19,21)(H,20,22). The Balaban J connectivity index is 2.09. The molecule has 0 saturated heterocycles. The predicted octanol–water partition coefficient (Wildman–Crippen LogP) is 3.67. The Morgan fingerprint density at radius 3 is 2.18 bits per heavy atom. The van der Waals surface area contributed by atoms with E-state index < -0.39 is 17.6 Å². The molecule has 0 spiro atoms. The number of hydrogen-bond acceptors (Lipinski definition) is 2. The van der Waals surface area contributed by atoms with E-state index in [2.05, 4.69) is 10.6 Å². The molecule has 0 aromatic heterocycles. The monoisotopic (exact) mass is 320 g/mol. The van der Waals surface area contributed by atoms with Crippen LogP contribution in [-0.2, 0) is 9.59 Å². The summed E-state index contributed by atoms with van der Waals surface area (Å²) < 4.78 is 12.8. The average Bonchev–Trinajstić information content (AvgIpc) is 2.45. The third kappa shape index (κ3) is 3.83. The predicted molar refractivity (Wildman–Crippen MR) is 84.6 cm³/mol. The number of nitrogens with one attached hydrogen (secondary N) is 2. The van der Waals surface area contributed by atoms with Crippen LogP contribution in [0.15, 0.2) is 36.4 Å². The van der Waals surface area contributed by atoms with Crippen LogP contribution in [-0.4, -0.2) is 11.8 Å². The van der Waals surface area contributed by atoms with Crippen molar-refractivity contribution in [3.05, 3.63) is 58.4 Å². The van der Waals surface area contributed by atoms with Crippen molar-refractivity contribution in [2.24, 2.45) is 0 Å². The highest BCUT2D eigenvalue weighted by Gasteiger charge is 2.17. The van der Waals surface area contributed by atoms with Crippen molar-refractivity contribution in [3.8, 4) is 0 Å². The molecule has 0 radical (unpaired) electrons. The molecule has 0 atom stereocenters. The lowest BCUT2D eigenvalue weighted by Gasteiger charge is -2.11. The van der Waals surface area contributed by atoms with Crippen molar-refractivity contribution in [2.75, 3.05) is 10.6 Å². The minimum absolute atomic E-state index is 0.327. The van der Waals surface area contributed by atoms with Crippen molar-refractivity contribution < 1.29 is 14.0 Å². The van der Waals surface area contributed by atoms with Crippen molar-refractivity contribution in [1.29, 1.82) is 0 Å². The van der Waals surface area contributed by atoms with Crippen LogP contribution in [0.25, 0.3) is 0 Å². The highest BCUT2D eigenvalue weighted by atomic mass is 35.5. The van der Waals surface area contributed by atoms with E-state index >= 15 is 0 Å². The van der Waals surface area contributed by atoms with E-state index in [4.69, 9.17) is 11.6 Å². The van der Waals surface area contributed by atoms with Gasteiger partial charge in [-0.25, -0.2) is 4.39 Å². The summed E-state index contributed by atoms with van der Waals surface area (Å²) in [6.45, 7) is 3.66. The van der Waals surface area contributed by atoms with Crippen molar-refractivity contribution in [2.45, 2.75) is 13.8 Å². The first kappa shape index (κ1) is 16.0. The van der Waals surface area contributed by atoms with Crippen molar-refractivity contribution in [3.63, 3.8) is 0 Å². The SMILES string of the molecule is Cc1cc(C)c(NC(=O)C(=O)Nc2ccc(F)cc2)c(Cl)c1. The summed E-state index contributed by atoms with van der Waals surface area (Å²) in [5.41, 5.74) is 2.43. The number of anilines is 2. The maximum atomic E-state index is 12.8. The Labute approximate surface area is 132 Å². The fraction of sp³-hybridized carbons (Fsp3) is 0.125. The molecule has 2 aromatic carbocycles. The molecular formula is C16H14ClFN2O2. The topological polar surface area (TPSA) is 58.2 Å². The fourth-order valence-corrected chi connectivity index (χ4v) is 2.33. The number of aryl methyl sites for hydroxylation is 2. The van der Waals surface area contributed by atoms with Crippen LogP contribution in [0.4, 0.5) is 15.8 Å². The Bertz CT molecular complexity index is 706. The fourth-order valence-electron chi connectivity index (χ4n) is 1.97. The van der Waals surface area contributed by atoms with Gasteiger partial charge in [0.15, 0.2) is 0 Å². The smallest absolute Gasteiger partial charge is 0.314 e. The van der Waals surface area contributed by atoms with E-state index in [1.54, 1.807) is 13.0 Å². The van der Waals surface area contributed by atoms with Crippen LogP contribution in [0.2, 0.25) is 5.02 Å². The van der Waals surface area contributed by atoms with E-state index in [1.807, 2.05) is 13.0 Å². The molecule has 0 aliphatic carbocycles. The maximum absolute atomic E-state index is 12.8. The van der Waals surface area contributed by atoms with Crippen LogP contribution in [0, 0.1) is 19.7 Å². The van der Waals surface area contributed by atoms with Crippen LogP contribution in [0.3, 0.4) is 0 Å².